The Labute approximate surface area is 118 Å². The summed E-state index contributed by atoms with van der Waals surface area (Å²) in [7, 11) is -3.51. The normalized spacial score (nSPS) is 13.1. The fourth-order valence-electron chi connectivity index (χ4n) is 2.05. The third-order valence-electron chi connectivity index (χ3n) is 3.13. The van der Waals surface area contributed by atoms with Crippen LogP contribution in [-0.4, -0.2) is 20.2 Å². The molecule has 3 nitrogen and oxygen atoms in total. The van der Waals surface area contributed by atoms with Crippen LogP contribution in [0, 0.1) is 5.82 Å². The van der Waals surface area contributed by atoms with Crippen molar-refractivity contribution in [3.05, 3.63) is 66.0 Å². The maximum absolute atomic E-state index is 13.2. The zero-order chi connectivity index (χ0) is 14.6. The lowest BCUT2D eigenvalue weighted by atomic mass is 10.1. The molecule has 0 aliphatic carbocycles. The average molecular weight is 293 g/mol. The average Bonchev–Trinajstić information content (AvgIpc) is 2.45. The lowest BCUT2D eigenvalue weighted by Crippen LogP contribution is -2.32. The molecule has 0 radical (unpaired) electrons. The van der Waals surface area contributed by atoms with Crippen LogP contribution in [0.5, 0.6) is 0 Å². The minimum absolute atomic E-state index is 0.00621. The van der Waals surface area contributed by atoms with E-state index in [4.69, 9.17) is 5.73 Å². The van der Waals surface area contributed by atoms with E-state index in [1.165, 1.54) is 12.1 Å². The maximum atomic E-state index is 13.2. The standard InChI is InChI=1S/C15H16FNO2S/c16-13-6-4-5-12(9-13)10-15(11-17)20(18,19)14-7-2-1-3-8-14/h1-9,15H,10-11,17H2. The maximum Gasteiger partial charge on any atom is 0.182 e. The first-order valence-electron chi connectivity index (χ1n) is 6.27. The van der Waals surface area contributed by atoms with Gasteiger partial charge in [0, 0.05) is 6.54 Å². The first-order chi connectivity index (χ1) is 9.54. The molecule has 0 aliphatic rings. The Bertz CT molecular complexity index is 671. The van der Waals surface area contributed by atoms with Crippen molar-refractivity contribution >= 4 is 9.84 Å². The highest BCUT2D eigenvalue weighted by molar-refractivity contribution is 7.92. The topological polar surface area (TPSA) is 60.2 Å². The summed E-state index contributed by atoms with van der Waals surface area (Å²) in [5.74, 6) is -0.379. The number of nitrogens with two attached hydrogens (primary N) is 1. The summed E-state index contributed by atoms with van der Waals surface area (Å²) in [6, 6.07) is 14.1. The van der Waals surface area contributed by atoms with Crippen molar-refractivity contribution in [3.63, 3.8) is 0 Å². The molecule has 1 unspecified atom stereocenters. The van der Waals surface area contributed by atoms with Crippen LogP contribution in [0.25, 0.3) is 0 Å². The Morgan fingerprint density at radius 3 is 2.35 bits per heavy atom. The lowest BCUT2D eigenvalue weighted by Gasteiger charge is -2.16. The number of halogens is 1. The minimum atomic E-state index is -3.51. The van der Waals surface area contributed by atoms with Crippen molar-refractivity contribution in [1.29, 1.82) is 0 Å². The largest absolute Gasteiger partial charge is 0.329 e. The zero-order valence-corrected chi connectivity index (χ0v) is 11.7. The highest BCUT2D eigenvalue weighted by Gasteiger charge is 2.26. The molecule has 2 N–H and O–H groups in total. The van der Waals surface area contributed by atoms with Crippen molar-refractivity contribution in [2.24, 2.45) is 5.73 Å². The fraction of sp³-hybridized carbons (Fsp3) is 0.200. The number of benzene rings is 2. The molecular weight excluding hydrogens is 277 g/mol. The molecule has 106 valence electrons. The van der Waals surface area contributed by atoms with Crippen LogP contribution in [0.4, 0.5) is 4.39 Å². The van der Waals surface area contributed by atoms with Gasteiger partial charge in [-0.1, -0.05) is 30.3 Å². The van der Waals surface area contributed by atoms with E-state index < -0.39 is 15.1 Å². The molecule has 0 bridgehead atoms. The van der Waals surface area contributed by atoms with E-state index >= 15 is 0 Å². The molecule has 0 saturated heterocycles. The van der Waals surface area contributed by atoms with E-state index in [9.17, 15) is 12.8 Å². The van der Waals surface area contributed by atoms with Crippen LogP contribution in [0.3, 0.4) is 0 Å². The van der Waals surface area contributed by atoms with Crippen LogP contribution in [0.2, 0.25) is 0 Å². The Morgan fingerprint density at radius 2 is 1.75 bits per heavy atom. The number of rotatable bonds is 5. The summed E-state index contributed by atoms with van der Waals surface area (Å²) >= 11 is 0. The van der Waals surface area contributed by atoms with Gasteiger partial charge in [-0.2, -0.15) is 0 Å². The van der Waals surface area contributed by atoms with E-state index in [1.807, 2.05) is 0 Å². The molecule has 2 aromatic rings. The van der Waals surface area contributed by atoms with Gasteiger partial charge in [0.05, 0.1) is 10.1 Å². The smallest absolute Gasteiger partial charge is 0.182 e. The van der Waals surface area contributed by atoms with Gasteiger partial charge >= 0.3 is 0 Å². The van der Waals surface area contributed by atoms with Crippen LogP contribution >= 0.6 is 0 Å². The summed E-state index contributed by atoms with van der Waals surface area (Å²) in [6.07, 6.45) is 0.200. The quantitative estimate of drug-likeness (QED) is 0.919. The zero-order valence-electron chi connectivity index (χ0n) is 10.9. The van der Waals surface area contributed by atoms with Crippen molar-refractivity contribution in [1.82, 2.24) is 0 Å². The molecule has 0 aromatic heterocycles. The molecule has 0 amide bonds. The summed E-state index contributed by atoms with van der Waals surface area (Å²) in [5, 5.41) is -0.758. The Hall–Kier alpha value is -1.72. The third kappa shape index (κ3) is 3.23. The van der Waals surface area contributed by atoms with Gasteiger partial charge in [0.25, 0.3) is 0 Å². The Kier molecular flexibility index (Phi) is 4.52. The molecule has 5 heteroatoms. The van der Waals surface area contributed by atoms with Crippen LogP contribution in [0.1, 0.15) is 5.56 Å². The molecule has 0 saturated carbocycles. The van der Waals surface area contributed by atoms with Crippen LogP contribution in [-0.2, 0) is 16.3 Å². The Morgan fingerprint density at radius 1 is 1.05 bits per heavy atom. The first kappa shape index (κ1) is 14.7. The molecule has 2 aromatic carbocycles. The van der Waals surface area contributed by atoms with Crippen molar-refractivity contribution in [3.8, 4) is 0 Å². The van der Waals surface area contributed by atoms with E-state index in [1.54, 1.807) is 42.5 Å². The molecule has 0 heterocycles. The summed E-state index contributed by atoms with van der Waals surface area (Å²) in [4.78, 5) is 0.242. The highest BCUT2D eigenvalue weighted by Crippen LogP contribution is 2.19. The number of hydrogen-bond donors (Lipinski definition) is 1. The van der Waals surface area contributed by atoms with E-state index in [-0.39, 0.29) is 23.7 Å². The lowest BCUT2D eigenvalue weighted by molar-refractivity contribution is 0.577. The second kappa shape index (κ2) is 6.15. The van der Waals surface area contributed by atoms with Crippen molar-refractivity contribution < 1.29 is 12.8 Å². The van der Waals surface area contributed by atoms with Gasteiger partial charge in [0.1, 0.15) is 5.82 Å². The predicted octanol–water partition coefficient (Wildman–Crippen LogP) is 2.17. The molecule has 1 atom stereocenters. The van der Waals surface area contributed by atoms with Crippen molar-refractivity contribution in [2.45, 2.75) is 16.6 Å². The molecule has 0 spiro atoms. The van der Waals surface area contributed by atoms with Gasteiger partial charge < -0.3 is 5.73 Å². The van der Waals surface area contributed by atoms with Crippen LogP contribution < -0.4 is 5.73 Å². The Balaban J connectivity index is 2.29. The molecule has 2 rings (SSSR count). The fourth-order valence-corrected chi connectivity index (χ4v) is 3.64. The van der Waals surface area contributed by atoms with Gasteiger partial charge in [0.2, 0.25) is 0 Å². The van der Waals surface area contributed by atoms with Crippen LogP contribution in [0.15, 0.2) is 59.5 Å². The number of sulfone groups is 1. The van der Waals surface area contributed by atoms with Gasteiger partial charge in [-0.3, -0.25) is 0 Å². The predicted molar refractivity (Wildman–Crippen MR) is 76.6 cm³/mol. The van der Waals surface area contributed by atoms with E-state index in [0.29, 0.717) is 5.56 Å². The SMILES string of the molecule is NCC(Cc1cccc(F)c1)S(=O)(=O)c1ccccc1. The van der Waals surface area contributed by atoms with Gasteiger partial charge in [-0.05, 0) is 36.2 Å². The third-order valence-corrected chi connectivity index (χ3v) is 5.29. The van der Waals surface area contributed by atoms with Gasteiger partial charge in [0.15, 0.2) is 9.84 Å². The number of hydrogen-bond acceptors (Lipinski definition) is 3. The van der Waals surface area contributed by atoms with E-state index in [2.05, 4.69) is 0 Å². The van der Waals surface area contributed by atoms with Gasteiger partial charge in [-0.15, -0.1) is 0 Å². The molecule has 20 heavy (non-hydrogen) atoms. The van der Waals surface area contributed by atoms with Crippen molar-refractivity contribution in [2.75, 3.05) is 6.54 Å². The molecule has 0 aliphatic heterocycles. The second-order valence-corrected chi connectivity index (χ2v) is 6.78. The van der Waals surface area contributed by atoms with E-state index in [0.717, 1.165) is 0 Å². The summed E-state index contributed by atoms with van der Waals surface area (Å²) in [6.45, 7) is -0.00621. The summed E-state index contributed by atoms with van der Waals surface area (Å²) < 4.78 is 38.1. The first-order valence-corrected chi connectivity index (χ1v) is 7.82. The monoisotopic (exact) mass is 293 g/mol. The van der Waals surface area contributed by atoms with Gasteiger partial charge in [-0.25, -0.2) is 12.8 Å². The summed E-state index contributed by atoms with van der Waals surface area (Å²) in [5.41, 5.74) is 6.23. The molecule has 0 fully saturated rings. The minimum Gasteiger partial charge on any atom is -0.329 e. The second-order valence-electron chi connectivity index (χ2n) is 4.55. The molecular formula is C15H16FNO2S. The highest BCUT2D eigenvalue weighted by atomic mass is 32.2.